The van der Waals surface area contributed by atoms with Crippen LogP contribution in [0.5, 0.6) is 5.75 Å². The normalized spacial score (nSPS) is 10.6. The van der Waals surface area contributed by atoms with Crippen molar-refractivity contribution in [1.82, 2.24) is 5.43 Å². The average molecular weight is 513 g/mol. The molecule has 0 aromatic heterocycles. The minimum atomic E-state index is -1.01. The number of non-ortho nitro benzene ring substituents is 2. The van der Waals surface area contributed by atoms with E-state index < -0.39 is 33.1 Å². The summed E-state index contributed by atoms with van der Waals surface area (Å²) in [7, 11) is 0. The quantitative estimate of drug-likeness (QED) is 0.163. The third-order valence-corrected chi connectivity index (χ3v) is 4.59. The topological polar surface area (TPSA) is 154 Å². The number of hydrogen-bond donors (Lipinski definition) is 1. The van der Waals surface area contributed by atoms with Gasteiger partial charge in [0.15, 0.2) is 0 Å². The Bertz CT molecular complexity index is 1260. The Morgan fingerprint density at radius 1 is 0.909 bits per heavy atom. The standard InChI is InChI=1S/C21H13BrN4O7/c22-16-5-2-4-14(8-16)20(27)24-23-12-13-3-1-6-19(7-13)33-21(28)15-9-17(25(29)30)11-18(10-15)26(31)32/h1-12H,(H,24,27)/b23-12-. The van der Waals surface area contributed by atoms with Gasteiger partial charge >= 0.3 is 5.97 Å². The zero-order valence-corrected chi connectivity index (χ0v) is 18.1. The smallest absolute Gasteiger partial charge is 0.344 e. The lowest BCUT2D eigenvalue weighted by atomic mass is 10.1. The van der Waals surface area contributed by atoms with E-state index in [0.29, 0.717) is 11.1 Å². The van der Waals surface area contributed by atoms with Crippen LogP contribution in [0, 0.1) is 20.2 Å². The molecule has 0 saturated carbocycles. The first kappa shape index (κ1) is 23.2. The minimum Gasteiger partial charge on any atom is -0.423 e. The van der Waals surface area contributed by atoms with Gasteiger partial charge in [-0.2, -0.15) is 5.10 Å². The molecule has 0 aliphatic rings. The molecule has 1 N–H and O–H groups in total. The van der Waals surface area contributed by atoms with Gasteiger partial charge in [-0.15, -0.1) is 0 Å². The Morgan fingerprint density at radius 3 is 2.21 bits per heavy atom. The first-order valence-corrected chi connectivity index (χ1v) is 9.87. The number of rotatable bonds is 7. The number of amides is 1. The summed E-state index contributed by atoms with van der Waals surface area (Å²) in [5.74, 6) is -1.38. The molecule has 0 aliphatic heterocycles. The number of benzene rings is 3. The number of nitro groups is 2. The van der Waals surface area contributed by atoms with E-state index in [1.807, 2.05) is 0 Å². The summed E-state index contributed by atoms with van der Waals surface area (Å²) in [6.07, 6.45) is 1.32. The van der Waals surface area contributed by atoms with Gasteiger partial charge in [0.25, 0.3) is 17.3 Å². The van der Waals surface area contributed by atoms with Gasteiger partial charge in [-0.1, -0.05) is 34.1 Å². The van der Waals surface area contributed by atoms with Crippen LogP contribution < -0.4 is 10.2 Å². The van der Waals surface area contributed by atoms with Crippen molar-refractivity contribution in [3.63, 3.8) is 0 Å². The van der Waals surface area contributed by atoms with E-state index in [1.54, 1.807) is 36.4 Å². The molecular weight excluding hydrogens is 500 g/mol. The van der Waals surface area contributed by atoms with Gasteiger partial charge in [0, 0.05) is 22.2 Å². The summed E-state index contributed by atoms with van der Waals surface area (Å²) in [6.45, 7) is 0. The molecule has 0 aliphatic carbocycles. The molecule has 0 bridgehead atoms. The summed E-state index contributed by atoms with van der Waals surface area (Å²) in [6, 6.07) is 15.3. The number of esters is 1. The zero-order chi connectivity index (χ0) is 24.0. The van der Waals surface area contributed by atoms with Crippen molar-refractivity contribution in [3.05, 3.63) is 108 Å². The highest BCUT2D eigenvalue weighted by Gasteiger charge is 2.21. The van der Waals surface area contributed by atoms with Gasteiger partial charge in [-0.25, -0.2) is 10.2 Å². The third-order valence-electron chi connectivity index (χ3n) is 4.10. The largest absolute Gasteiger partial charge is 0.423 e. The second-order valence-electron chi connectivity index (χ2n) is 6.42. The van der Waals surface area contributed by atoms with Crippen LogP contribution in [0.25, 0.3) is 0 Å². The zero-order valence-electron chi connectivity index (χ0n) is 16.5. The van der Waals surface area contributed by atoms with Crippen molar-refractivity contribution < 1.29 is 24.2 Å². The second-order valence-corrected chi connectivity index (χ2v) is 7.34. The molecule has 0 saturated heterocycles. The number of nitro benzene ring substituents is 2. The van der Waals surface area contributed by atoms with Crippen LogP contribution in [-0.4, -0.2) is 27.9 Å². The molecule has 1 amide bonds. The van der Waals surface area contributed by atoms with Crippen molar-refractivity contribution >= 4 is 45.4 Å². The predicted molar refractivity (Wildman–Crippen MR) is 120 cm³/mol. The summed E-state index contributed by atoms with van der Waals surface area (Å²) in [5, 5.41) is 25.8. The van der Waals surface area contributed by atoms with E-state index in [4.69, 9.17) is 4.74 Å². The van der Waals surface area contributed by atoms with Gasteiger partial charge < -0.3 is 4.74 Å². The lowest BCUT2D eigenvalue weighted by Gasteiger charge is -2.05. The first-order chi connectivity index (χ1) is 15.7. The summed E-state index contributed by atoms with van der Waals surface area (Å²) >= 11 is 3.28. The van der Waals surface area contributed by atoms with Crippen molar-refractivity contribution in [2.24, 2.45) is 5.10 Å². The SMILES string of the molecule is O=C(N/N=C\c1cccc(OC(=O)c2cc([N+](=O)[O-])cc([N+](=O)[O-])c2)c1)c1cccc(Br)c1. The lowest BCUT2D eigenvalue weighted by molar-refractivity contribution is -0.394. The maximum Gasteiger partial charge on any atom is 0.344 e. The van der Waals surface area contributed by atoms with Crippen molar-refractivity contribution in [3.8, 4) is 5.75 Å². The van der Waals surface area contributed by atoms with Crippen LogP contribution in [0.2, 0.25) is 0 Å². The number of halogens is 1. The fourth-order valence-electron chi connectivity index (χ4n) is 2.61. The van der Waals surface area contributed by atoms with Gasteiger partial charge in [0.1, 0.15) is 5.75 Å². The van der Waals surface area contributed by atoms with Crippen molar-refractivity contribution in [2.75, 3.05) is 0 Å². The number of nitrogens with zero attached hydrogens (tertiary/aromatic N) is 3. The van der Waals surface area contributed by atoms with Crippen LogP contribution in [-0.2, 0) is 0 Å². The highest BCUT2D eigenvalue weighted by atomic mass is 79.9. The van der Waals surface area contributed by atoms with E-state index >= 15 is 0 Å². The Labute approximate surface area is 194 Å². The average Bonchev–Trinajstić information content (AvgIpc) is 2.78. The molecule has 0 radical (unpaired) electrons. The maximum atomic E-state index is 12.4. The number of ether oxygens (including phenoxy) is 1. The van der Waals surface area contributed by atoms with Gasteiger partial charge in [0.05, 0.1) is 27.7 Å². The monoisotopic (exact) mass is 512 g/mol. The molecule has 3 aromatic carbocycles. The van der Waals surface area contributed by atoms with E-state index in [2.05, 4.69) is 26.5 Å². The Balaban J connectivity index is 1.71. The molecule has 3 rings (SSSR count). The molecular formula is C21H13BrN4O7. The lowest BCUT2D eigenvalue weighted by Crippen LogP contribution is -2.17. The highest BCUT2D eigenvalue weighted by molar-refractivity contribution is 9.10. The summed E-state index contributed by atoms with van der Waals surface area (Å²) in [5.41, 5.74) is 1.66. The van der Waals surface area contributed by atoms with Crippen LogP contribution in [0.4, 0.5) is 11.4 Å². The van der Waals surface area contributed by atoms with Crippen molar-refractivity contribution in [1.29, 1.82) is 0 Å². The minimum absolute atomic E-state index is 0.0661. The molecule has 0 spiro atoms. The van der Waals surface area contributed by atoms with E-state index in [-0.39, 0.29) is 11.3 Å². The first-order valence-electron chi connectivity index (χ1n) is 9.08. The Hall–Kier alpha value is -4.45. The van der Waals surface area contributed by atoms with Crippen molar-refractivity contribution in [2.45, 2.75) is 0 Å². The molecule has 33 heavy (non-hydrogen) atoms. The number of hydrogen-bond acceptors (Lipinski definition) is 8. The molecule has 12 heteroatoms. The fourth-order valence-corrected chi connectivity index (χ4v) is 3.01. The Kier molecular flexibility index (Phi) is 7.20. The van der Waals surface area contributed by atoms with Crippen LogP contribution in [0.15, 0.2) is 76.3 Å². The number of carbonyl (C=O) groups excluding carboxylic acids is 2. The molecule has 0 atom stereocenters. The number of carbonyl (C=O) groups is 2. The summed E-state index contributed by atoms with van der Waals surface area (Å²) < 4.78 is 5.92. The highest BCUT2D eigenvalue weighted by Crippen LogP contribution is 2.24. The molecule has 0 unspecified atom stereocenters. The van der Waals surface area contributed by atoms with E-state index in [1.165, 1.54) is 18.3 Å². The van der Waals surface area contributed by atoms with Crippen LogP contribution in [0.1, 0.15) is 26.3 Å². The molecule has 0 heterocycles. The molecule has 11 nitrogen and oxygen atoms in total. The van der Waals surface area contributed by atoms with E-state index in [0.717, 1.165) is 22.7 Å². The van der Waals surface area contributed by atoms with Crippen LogP contribution >= 0.6 is 15.9 Å². The second kappa shape index (κ2) is 10.2. The van der Waals surface area contributed by atoms with Gasteiger partial charge in [-0.3, -0.25) is 25.0 Å². The van der Waals surface area contributed by atoms with Crippen LogP contribution in [0.3, 0.4) is 0 Å². The Morgan fingerprint density at radius 2 is 1.58 bits per heavy atom. The fraction of sp³-hybridized carbons (Fsp3) is 0. The van der Waals surface area contributed by atoms with Gasteiger partial charge in [0.2, 0.25) is 0 Å². The summed E-state index contributed by atoms with van der Waals surface area (Å²) in [4.78, 5) is 44.8. The molecule has 3 aromatic rings. The number of nitrogens with one attached hydrogen (secondary N) is 1. The molecule has 0 fully saturated rings. The van der Waals surface area contributed by atoms with Gasteiger partial charge in [-0.05, 0) is 35.9 Å². The van der Waals surface area contributed by atoms with E-state index in [9.17, 15) is 29.8 Å². The third kappa shape index (κ3) is 6.27. The predicted octanol–water partition coefficient (Wildman–Crippen LogP) is 4.25. The maximum absolute atomic E-state index is 12.4. The molecule has 166 valence electrons. The number of hydrazone groups is 1.